The number of alkyl halides is 2. The number of fused-ring (bicyclic) bond motifs is 4. The second kappa shape index (κ2) is 14.3. The molecule has 3 unspecified atom stereocenters. The molecule has 15 nitrogen and oxygen atoms in total. The number of aromatic nitrogens is 5. The molecule has 3 saturated heterocycles. The van der Waals surface area contributed by atoms with E-state index in [1.54, 1.807) is 31.4 Å². The fourth-order valence-corrected chi connectivity index (χ4v) is 9.52. The maximum absolute atomic E-state index is 15.2. The number of piperazine rings is 1. The summed E-state index contributed by atoms with van der Waals surface area (Å²) in [4.78, 5) is 54.3. The lowest BCUT2D eigenvalue weighted by molar-refractivity contribution is -0.134. The van der Waals surface area contributed by atoms with Crippen molar-refractivity contribution in [2.24, 2.45) is 20.0 Å². The zero-order valence-corrected chi connectivity index (χ0v) is 33.4. The molecule has 0 radical (unpaired) electrons. The number of ether oxygens (including phenoxy) is 1. The number of anilines is 5. The first-order chi connectivity index (χ1) is 28.4. The van der Waals surface area contributed by atoms with E-state index in [1.165, 1.54) is 4.57 Å². The molecule has 1 aliphatic carbocycles. The molecule has 3 atom stereocenters. The first kappa shape index (κ1) is 37.7. The number of nitrogens with one attached hydrogen (secondary N) is 3. The molecule has 18 heteroatoms. The van der Waals surface area contributed by atoms with Crippen LogP contribution in [-0.2, 0) is 23.7 Å². The number of amides is 2. The van der Waals surface area contributed by atoms with Gasteiger partial charge in [0.2, 0.25) is 23.5 Å². The number of halogens is 3. The monoisotopic (exact) mass is 827 g/mol. The molecule has 3 N–H and O–H groups in total. The number of nitrogens with zero attached hydrogens (tertiary/aromatic N) is 8. The van der Waals surface area contributed by atoms with Crippen LogP contribution in [0.4, 0.5) is 37.6 Å². The van der Waals surface area contributed by atoms with Gasteiger partial charge in [-0.05, 0) is 55.9 Å². The van der Waals surface area contributed by atoms with Gasteiger partial charge in [0.25, 0.3) is 5.56 Å². The Morgan fingerprint density at radius 3 is 2.56 bits per heavy atom. The Bertz CT molecular complexity index is 2590. The Balaban J connectivity index is 0.827. The Hall–Kier alpha value is -5.55. The molecular formula is C41H44ClF2N11O4. The van der Waals surface area contributed by atoms with Crippen molar-refractivity contribution in [3.05, 3.63) is 63.7 Å². The van der Waals surface area contributed by atoms with Gasteiger partial charge in [-0.3, -0.25) is 29.3 Å². The van der Waals surface area contributed by atoms with Crippen molar-refractivity contribution < 1.29 is 23.1 Å². The minimum absolute atomic E-state index is 0.113. The molecule has 5 aliphatic rings. The molecule has 2 aromatic carbocycles. The van der Waals surface area contributed by atoms with Crippen molar-refractivity contribution in [2.45, 2.75) is 56.0 Å². The molecule has 0 spiro atoms. The number of aryl methyl sites for hydroxylation is 2. The average molecular weight is 828 g/mol. The largest absolute Gasteiger partial charge is 0.480 e. The highest BCUT2D eigenvalue weighted by Gasteiger charge is 2.51. The van der Waals surface area contributed by atoms with Crippen LogP contribution in [0.3, 0.4) is 0 Å². The minimum atomic E-state index is -3.14. The molecule has 0 bridgehead atoms. The molecule has 5 aromatic rings. The summed E-state index contributed by atoms with van der Waals surface area (Å²) in [6, 6.07) is 10.7. The highest BCUT2D eigenvalue weighted by atomic mass is 35.5. The predicted octanol–water partition coefficient (Wildman–Crippen LogP) is 4.75. The van der Waals surface area contributed by atoms with Gasteiger partial charge in [-0.1, -0.05) is 23.7 Å². The lowest BCUT2D eigenvalue weighted by atomic mass is 9.92. The van der Waals surface area contributed by atoms with E-state index < -0.39 is 30.0 Å². The molecule has 2 amide bonds. The van der Waals surface area contributed by atoms with Gasteiger partial charge >= 0.3 is 5.92 Å². The van der Waals surface area contributed by atoms with Crippen LogP contribution in [0.15, 0.2) is 47.4 Å². The van der Waals surface area contributed by atoms with Crippen molar-refractivity contribution >= 4 is 74.0 Å². The molecule has 4 fully saturated rings. The first-order valence-corrected chi connectivity index (χ1v) is 20.6. The number of piperidine rings is 1. The van der Waals surface area contributed by atoms with Crippen molar-refractivity contribution in [3.63, 3.8) is 0 Å². The van der Waals surface area contributed by atoms with Crippen molar-refractivity contribution in [2.75, 3.05) is 66.3 Å². The first-order valence-electron chi connectivity index (χ1n) is 20.2. The maximum atomic E-state index is 15.2. The molecule has 59 heavy (non-hydrogen) atoms. The summed E-state index contributed by atoms with van der Waals surface area (Å²) in [6.45, 7) is 3.98. The van der Waals surface area contributed by atoms with Crippen molar-refractivity contribution in [1.29, 1.82) is 0 Å². The summed E-state index contributed by atoms with van der Waals surface area (Å²) in [6.07, 6.45) is 4.74. The Morgan fingerprint density at radius 2 is 1.78 bits per heavy atom. The van der Waals surface area contributed by atoms with Crippen LogP contribution in [-0.4, -0.2) is 105 Å². The molecule has 1 saturated carbocycles. The standard InChI is InChI=1S/C41H44ClF2N11O4/c1-51-29-10-8-23(18-27(29)33-35(39(51)58)59-21-41(43,44)36(48-33)22-6-7-22)46-37-28(42)19-45-40(49-37)54-16-14-53(15-17-54)24-12-13-55(20-24)30-5-3-4-25-32(50-52(2)34(25)30)26-9-11-31(56)47-38(26)57/h3-5,8,10,18-19,22,24,26,36,48H,6-7,9,11-17,20-21H2,1-2H3,(H,45,46,49)(H,47,56,57). The number of imide groups is 1. The molecule has 4 aliphatic heterocycles. The normalized spacial score (nSPS) is 23.5. The van der Waals surface area contributed by atoms with Gasteiger partial charge in [0, 0.05) is 82.3 Å². The third-order valence-corrected chi connectivity index (χ3v) is 12.9. The number of hydrogen-bond donors (Lipinski definition) is 3. The highest BCUT2D eigenvalue weighted by Crippen LogP contribution is 2.46. The van der Waals surface area contributed by atoms with Crippen LogP contribution >= 0.6 is 11.6 Å². The second-order valence-corrected chi connectivity index (χ2v) is 16.8. The number of carbonyl (C=O) groups excluding carboxylic acids is 2. The lowest BCUT2D eigenvalue weighted by Gasteiger charge is -2.38. The van der Waals surface area contributed by atoms with E-state index in [-0.39, 0.29) is 29.2 Å². The van der Waals surface area contributed by atoms with Crippen LogP contribution in [0, 0.1) is 5.92 Å². The summed E-state index contributed by atoms with van der Waals surface area (Å²) in [5.74, 6) is -3.47. The summed E-state index contributed by atoms with van der Waals surface area (Å²) in [5.41, 5.74) is 3.76. The Labute approximate surface area is 342 Å². The van der Waals surface area contributed by atoms with Gasteiger partial charge in [0.15, 0.2) is 12.4 Å². The van der Waals surface area contributed by atoms with E-state index in [0.717, 1.165) is 62.3 Å². The topological polar surface area (TPSA) is 155 Å². The van der Waals surface area contributed by atoms with E-state index in [1.807, 2.05) is 23.9 Å². The predicted molar refractivity (Wildman–Crippen MR) is 220 cm³/mol. The lowest BCUT2D eigenvalue weighted by Crippen LogP contribution is -2.51. The quantitative estimate of drug-likeness (QED) is 0.194. The van der Waals surface area contributed by atoms with E-state index in [0.29, 0.717) is 70.8 Å². The Morgan fingerprint density at radius 1 is 0.966 bits per heavy atom. The highest BCUT2D eigenvalue weighted by molar-refractivity contribution is 6.33. The second-order valence-electron chi connectivity index (χ2n) is 16.4. The third kappa shape index (κ3) is 6.67. The zero-order valence-electron chi connectivity index (χ0n) is 32.7. The number of benzene rings is 2. The van der Waals surface area contributed by atoms with Gasteiger partial charge in [-0.15, -0.1) is 0 Å². The maximum Gasteiger partial charge on any atom is 0.301 e. The minimum Gasteiger partial charge on any atom is -0.480 e. The number of pyridine rings is 1. The molecular weight excluding hydrogens is 784 g/mol. The van der Waals surface area contributed by atoms with E-state index in [2.05, 4.69) is 41.7 Å². The SMILES string of the molecule is Cn1nc(C2CCC(=O)NC2=O)c2cccc(N3CCC(N4CCN(c5ncc(Cl)c(Nc6ccc7c(c6)c6c(c(=O)n7C)OCC(F)(F)C(C7CC7)N6)n5)CC4)C3)c21. The molecule has 7 heterocycles. The number of hydrogen-bond acceptors (Lipinski definition) is 12. The van der Waals surface area contributed by atoms with Gasteiger partial charge < -0.3 is 29.7 Å². The molecule has 308 valence electrons. The number of rotatable bonds is 7. The number of carbonyl (C=O) groups is 2. The summed E-state index contributed by atoms with van der Waals surface area (Å²) >= 11 is 6.64. The van der Waals surface area contributed by atoms with Gasteiger partial charge in [0.05, 0.1) is 46.3 Å². The van der Waals surface area contributed by atoms with Gasteiger partial charge in [0.1, 0.15) is 5.02 Å². The average Bonchev–Trinajstić information content (AvgIpc) is 3.87. The Kier molecular flexibility index (Phi) is 9.15. The van der Waals surface area contributed by atoms with E-state index >= 15 is 8.78 Å². The van der Waals surface area contributed by atoms with Crippen LogP contribution in [0.2, 0.25) is 5.02 Å². The summed E-state index contributed by atoms with van der Waals surface area (Å²) in [5, 5.41) is 15.4. The zero-order chi connectivity index (χ0) is 40.7. The van der Waals surface area contributed by atoms with Gasteiger partial charge in [-0.2, -0.15) is 10.1 Å². The third-order valence-electron chi connectivity index (χ3n) is 12.7. The van der Waals surface area contributed by atoms with Crippen molar-refractivity contribution in [3.8, 4) is 5.75 Å². The van der Waals surface area contributed by atoms with Crippen LogP contribution < -0.4 is 36.0 Å². The van der Waals surface area contributed by atoms with Gasteiger partial charge in [-0.25, -0.2) is 13.8 Å². The van der Waals surface area contributed by atoms with Crippen LogP contribution in [0.1, 0.15) is 43.7 Å². The smallest absolute Gasteiger partial charge is 0.301 e. The van der Waals surface area contributed by atoms with Crippen molar-refractivity contribution in [1.82, 2.24) is 34.5 Å². The summed E-state index contributed by atoms with van der Waals surface area (Å²) in [7, 11) is 3.51. The fourth-order valence-electron chi connectivity index (χ4n) is 9.38. The number of para-hydroxylation sites is 1. The summed E-state index contributed by atoms with van der Waals surface area (Å²) < 4.78 is 39.1. The van der Waals surface area contributed by atoms with Crippen LogP contribution in [0.25, 0.3) is 21.8 Å². The van der Waals surface area contributed by atoms with Crippen LogP contribution in [0.5, 0.6) is 5.75 Å². The van der Waals surface area contributed by atoms with E-state index in [4.69, 9.17) is 26.4 Å². The fraction of sp³-hybridized carbons (Fsp3) is 0.463. The molecule has 3 aromatic heterocycles. The molecule has 10 rings (SSSR count). The van der Waals surface area contributed by atoms with E-state index in [9.17, 15) is 14.4 Å².